The Bertz CT molecular complexity index is 1990. The first-order valence-corrected chi connectivity index (χ1v) is 15.6. The summed E-state index contributed by atoms with van der Waals surface area (Å²) < 4.78 is 6.66. The molecular formula is C30H20Cl2N4O4S2. The molecule has 0 aliphatic carbocycles. The van der Waals surface area contributed by atoms with Gasteiger partial charge < -0.3 is 9.32 Å². The fraction of sp³-hybridized carbons (Fsp3) is 0.167. The molecule has 1 atom stereocenters. The van der Waals surface area contributed by atoms with Gasteiger partial charge in [0.15, 0.2) is 15.3 Å². The first kappa shape index (κ1) is 27.2. The summed E-state index contributed by atoms with van der Waals surface area (Å²) in [5.41, 5.74) is -0.103. The lowest BCUT2D eigenvalue weighted by Crippen LogP contribution is -2.53. The van der Waals surface area contributed by atoms with Crippen molar-refractivity contribution in [2.75, 3.05) is 16.3 Å². The third-order valence-corrected chi connectivity index (χ3v) is 10.1. The number of hydrogen-bond donors (Lipinski definition) is 0. The van der Waals surface area contributed by atoms with E-state index in [1.165, 1.54) is 22.7 Å². The Hall–Kier alpha value is -3.70. The monoisotopic (exact) mass is 634 g/mol. The van der Waals surface area contributed by atoms with E-state index in [-0.39, 0.29) is 27.4 Å². The van der Waals surface area contributed by atoms with Crippen molar-refractivity contribution in [2.45, 2.75) is 29.0 Å². The van der Waals surface area contributed by atoms with Crippen molar-refractivity contribution < 1.29 is 14.0 Å². The zero-order chi connectivity index (χ0) is 29.2. The zero-order valence-corrected chi connectivity index (χ0v) is 25.1. The van der Waals surface area contributed by atoms with Crippen LogP contribution in [0.1, 0.15) is 40.6 Å². The molecule has 42 heavy (non-hydrogen) atoms. The van der Waals surface area contributed by atoms with Gasteiger partial charge in [0, 0.05) is 27.9 Å². The Kier molecular flexibility index (Phi) is 6.62. The highest BCUT2D eigenvalue weighted by atomic mass is 35.5. The van der Waals surface area contributed by atoms with E-state index < -0.39 is 22.8 Å². The number of amides is 2. The molecule has 2 aliphatic heterocycles. The summed E-state index contributed by atoms with van der Waals surface area (Å²) in [6, 6.07) is 19.3. The summed E-state index contributed by atoms with van der Waals surface area (Å²) >= 11 is 15.2. The SMILES string of the molecule is CCCN1C(=O)C2(c3ccccc31)c1c(oc3ccc(Cl)cc3c1=O)C(=O)N2c1nnc(SCc2ccccc2Cl)s1. The summed E-state index contributed by atoms with van der Waals surface area (Å²) in [5.74, 6) is -0.728. The molecule has 4 heterocycles. The topological polar surface area (TPSA) is 96.6 Å². The minimum absolute atomic E-state index is 0.0428. The van der Waals surface area contributed by atoms with Crippen LogP contribution in [-0.2, 0) is 16.1 Å². The van der Waals surface area contributed by atoms with E-state index in [1.54, 1.807) is 29.2 Å². The summed E-state index contributed by atoms with van der Waals surface area (Å²) in [4.78, 5) is 46.1. The smallest absolute Gasteiger partial charge is 0.297 e. The molecule has 0 radical (unpaired) electrons. The highest BCUT2D eigenvalue weighted by molar-refractivity contribution is 8.00. The number of rotatable bonds is 6. The van der Waals surface area contributed by atoms with Crippen LogP contribution < -0.4 is 15.2 Å². The second-order valence-electron chi connectivity index (χ2n) is 9.83. The van der Waals surface area contributed by atoms with Crippen molar-refractivity contribution in [1.29, 1.82) is 0 Å². The molecule has 0 saturated heterocycles. The average Bonchev–Trinajstić information content (AvgIpc) is 3.63. The van der Waals surface area contributed by atoms with Crippen molar-refractivity contribution in [3.63, 3.8) is 0 Å². The van der Waals surface area contributed by atoms with Crippen molar-refractivity contribution in [2.24, 2.45) is 0 Å². The summed E-state index contributed by atoms with van der Waals surface area (Å²) in [7, 11) is 0. The Morgan fingerprint density at radius 1 is 1.00 bits per heavy atom. The molecule has 2 aromatic heterocycles. The second kappa shape index (κ2) is 10.2. The minimum atomic E-state index is -1.82. The lowest BCUT2D eigenvalue weighted by atomic mass is 9.84. The molecule has 8 nitrogen and oxygen atoms in total. The molecular weight excluding hydrogens is 615 g/mol. The standard InChI is InChI=1S/C30H20Cl2N4O4S2/c1-2-13-35-21-10-6-4-8-19(21)30(27(35)39)23-24(37)18-14-17(31)11-12-22(18)40-25(23)26(38)36(30)28-33-34-29(42-28)41-15-16-7-3-5-9-20(16)32/h3-12,14H,2,13,15H2,1H3. The van der Waals surface area contributed by atoms with E-state index in [4.69, 9.17) is 27.6 Å². The van der Waals surface area contributed by atoms with E-state index >= 15 is 0 Å². The molecule has 1 unspecified atom stereocenters. The highest BCUT2D eigenvalue weighted by Gasteiger charge is 2.66. The normalized spacial score (nSPS) is 17.5. The number of carbonyl (C=O) groups excluding carboxylic acids is 2. The number of fused-ring (bicyclic) bond motifs is 5. The minimum Gasteiger partial charge on any atom is -0.450 e. The Morgan fingerprint density at radius 2 is 1.79 bits per heavy atom. The Balaban J connectivity index is 1.44. The number of carbonyl (C=O) groups is 2. The summed E-state index contributed by atoms with van der Waals surface area (Å²) in [6.07, 6.45) is 0.667. The first-order valence-electron chi connectivity index (χ1n) is 13.1. The number of para-hydroxylation sites is 1. The van der Waals surface area contributed by atoms with Gasteiger partial charge in [0.2, 0.25) is 10.9 Å². The van der Waals surface area contributed by atoms with Crippen LogP contribution in [-0.4, -0.2) is 28.6 Å². The van der Waals surface area contributed by atoms with Crippen LogP contribution in [0.25, 0.3) is 11.0 Å². The number of nitrogens with zero attached hydrogens (tertiary/aromatic N) is 4. The largest absolute Gasteiger partial charge is 0.450 e. The predicted molar refractivity (Wildman–Crippen MR) is 165 cm³/mol. The molecule has 0 bridgehead atoms. The van der Waals surface area contributed by atoms with E-state index in [0.29, 0.717) is 44.4 Å². The molecule has 0 fully saturated rings. The van der Waals surface area contributed by atoms with Crippen LogP contribution in [0, 0.1) is 0 Å². The van der Waals surface area contributed by atoms with Gasteiger partial charge in [0.25, 0.3) is 11.8 Å². The molecule has 3 aromatic carbocycles. The molecule has 12 heteroatoms. The van der Waals surface area contributed by atoms with Crippen LogP contribution in [0.15, 0.2) is 80.3 Å². The number of aromatic nitrogens is 2. The Morgan fingerprint density at radius 3 is 2.60 bits per heavy atom. The van der Waals surface area contributed by atoms with Crippen molar-refractivity contribution in [3.8, 4) is 0 Å². The van der Waals surface area contributed by atoms with Crippen LogP contribution in [0.2, 0.25) is 10.0 Å². The van der Waals surface area contributed by atoms with Crippen molar-refractivity contribution in [3.05, 3.63) is 109 Å². The molecule has 0 saturated carbocycles. The predicted octanol–water partition coefficient (Wildman–Crippen LogP) is 6.90. The van der Waals surface area contributed by atoms with Gasteiger partial charge in [-0.05, 0) is 42.3 Å². The highest BCUT2D eigenvalue weighted by Crippen LogP contribution is 2.54. The fourth-order valence-corrected chi connectivity index (χ4v) is 8.04. The molecule has 7 rings (SSSR count). The lowest BCUT2D eigenvalue weighted by Gasteiger charge is -2.32. The first-order chi connectivity index (χ1) is 20.4. The molecule has 2 amide bonds. The maximum Gasteiger partial charge on any atom is 0.297 e. The number of halogens is 2. The molecule has 2 aliphatic rings. The van der Waals surface area contributed by atoms with Gasteiger partial charge in [0.05, 0.1) is 16.6 Å². The lowest BCUT2D eigenvalue weighted by molar-refractivity contribution is -0.121. The maximum atomic E-state index is 14.6. The Labute approximate surface area is 257 Å². The fourth-order valence-electron chi connectivity index (χ4n) is 5.69. The second-order valence-corrected chi connectivity index (χ2v) is 12.9. The summed E-state index contributed by atoms with van der Waals surface area (Å²) in [5, 5.41) is 10.0. The maximum absolute atomic E-state index is 14.6. The van der Waals surface area contributed by atoms with Gasteiger partial charge in [-0.15, -0.1) is 10.2 Å². The average molecular weight is 636 g/mol. The van der Waals surface area contributed by atoms with E-state index in [9.17, 15) is 14.4 Å². The molecule has 0 N–H and O–H groups in total. The van der Waals surface area contributed by atoms with E-state index in [2.05, 4.69) is 10.2 Å². The van der Waals surface area contributed by atoms with Gasteiger partial charge in [-0.25, -0.2) is 0 Å². The third-order valence-electron chi connectivity index (χ3n) is 7.43. The van der Waals surface area contributed by atoms with Crippen molar-refractivity contribution >= 4 is 79.9 Å². The number of thioether (sulfide) groups is 1. The van der Waals surface area contributed by atoms with Crippen LogP contribution in [0.5, 0.6) is 0 Å². The number of hydrogen-bond acceptors (Lipinski definition) is 8. The van der Waals surface area contributed by atoms with Crippen LogP contribution in [0.4, 0.5) is 10.8 Å². The van der Waals surface area contributed by atoms with Gasteiger partial charge in [-0.2, -0.15) is 0 Å². The van der Waals surface area contributed by atoms with E-state index in [0.717, 1.165) is 16.9 Å². The molecule has 210 valence electrons. The molecule has 1 spiro atoms. The quantitative estimate of drug-likeness (QED) is 0.148. The number of anilines is 2. The summed E-state index contributed by atoms with van der Waals surface area (Å²) in [6.45, 7) is 2.36. The zero-order valence-electron chi connectivity index (χ0n) is 22.0. The third kappa shape index (κ3) is 3.86. The van der Waals surface area contributed by atoms with Crippen molar-refractivity contribution in [1.82, 2.24) is 10.2 Å². The van der Waals surface area contributed by atoms with Gasteiger partial charge in [-0.1, -0.05) is 89.6 Å². The van der Waals surface area contributed by atoms with Gasteiger partial charge in [-0.3, -0.25) is 19.3 Å². The molecule has 5 aromatic rings. The number of benzene rings is 3. The van der Waals surface area contributed by atoms with E-state index in [1.807, 2.05) is 43.3 Å². The van der Waals surface area contributed by atoms with Gasteiger partial charge in [0.1, 0.15) is 5.58 Å². The van der Waals surface area contributed by atoms with Gasteiger partial charge >= 0.3 is 0 Å². The van der Waals surface area contributed by atoms with Crippen LogP contribution >= 0.6 is 46.3 Å². The van der Waals surface area contributed by atoms with Crippen LogP contribution in [0.3, 0.4) is 0 Å².